The summed E-state index contributed by atoms with van der Waals surface area (Å²) >= 11 is 0. The first-order valence-corrected chi connectivity index (χ1v) is 5.46. The van der Waals surface area contributed by atoms with Crippen LogP contribution < -0.4 is 0 Å². The van der Waals surface area contributed by atoms with Crippen LogP contribution in [0.25, 0.3) is 0 Å². The van der Waals surface area contributed by atoms with Crippen LogP contribution in [0.1, 0.15) is 37.3 Å². The van der Waals surface area contributed by atoms with Gasteiger partial charge in [-0.05, 0) is 23.5 Å². The van der Waals surface area contributed by atoms with E-state index in [9.17, 15) is 4.79 Å². The molecule has 1 aromatic carbocycles. The summed E-state index contributed by atoms with van der Waals surface area (Å²) in [5.74, 6) is 0.240. The third kappa shape index (κ3) is 3.89. The summed E-state index contributed by atoms with van der Waals surface area (Å²) in [6.45, 7) is 7.67. The summed E-state index contributed by atoms with van der Waals surface area (Å²) in [6, 6.07) is 8.15. The van der Waals surface area contributed by atoms with E-state index in [4.69, 9.17) is 4.74 Å². The molecule has 2 nitrogen and oxygen atoms in total. The highest BCUT2D eigenvalue weighted by Gasteiger charge is 2.03. The summed E-state index contributed by atoms with van der Waals surface area (Å²) in [5.41, 5.74) is 2.30. The molecule has 0 aliphatic heterocycles. The highest BCUT2D eigenvalue weighted by Crippen LogP contribution is 2.19. The van der Waals surface area contributed by atoms with Crippen LogP contribution >= 0.6 is 0 Å². The summed E-state index contributed by atoms with van der Waals surface area (Å²) < 4.78 is 4.92. The van der Waals surface area contributed by atoms with Crippen LogP contribution in [0.15, 0.2) is 36.9 Å². The minimum Gasteiger partial charge on any atom is -0.461 e. The molecule has 0 spiro atoms. The monoisotopic (exact) mass is 218 g/mol. The molecule has 0 radical (unpaired) electrons. The van der Waals surface area contributed by atoms with Crippen LogP contribution in [0.3, 0.4) is 0 Å². The van der Waals surface area contributed by atoms with Crippen LogP contribution in [0.2, 0.25) is 0 Å². The molecule has 0 aromatic heterocycles. The van der Waals surface area contributed by atoms with Crippen molar-refractivity contribution in [3.63, 3.8) is 0 Å². The molecule has 0 bridgehead atoms. The van der Waals surface area contributed by atoms with Crippen molar-refractivity contribution in [3.8, 4) is 0 Å². The molecule has 1 unspecified atom stereocenters. The van der Waals surface area contributed by atoms with Crippen molar-refractivity contribution < 1.29 is 9.53 Å². The van der Waals surface area contributed by atoms with Gasteiger partial charge in [0.2, 0.25) is 0 Å². The Morgan fingerprint density at radius 1 is 1.44 bits per heavy atom. The SMILES string of the molecule is C=CCC(C)c1ccc(COC(C)=O)cc1. The standard InChI is InChI=1S/C14H18O2/c1-4-5-11(2)14-8-6-13(7-9-14)10-16-12(3)15/h4,6-9,11H,1,5,10H2,2-3H3. The highest BCUT2D eigenvalue weighted by molar-refractivity contribution is 5.65. The molecule has 1 aromatic rings. The van der Waals surface area contributed by atoms with Gasteiger partial charge in [-0.1, -0.05) is 37.3 Å². The van der Waals surface area contributed by atoms with E-state index in [2.05, 4.69) is 25.6 Å². The zero-order valence-electron chi connectivity index (χ0n) is 9.90. The maximum absolute atomic E-state index is 10.6. The number of ether oxygens (including phenoxy) is 1. The van der Waals surface area contributed by atoms with Crippen LogP contribution in [0.4, 0.5) is 0 Å². The Bertz CT molecular complexity index is 352. The fourth-order valence-electron chi connectivity index (χ4n) is 1.51. The van der Waals surface area contributed by atoms with Crippen molar-refractivity contribution in [2.75, 3.05) is 0 Å². The molecule has 0 aliphatic carbocycles. The Balaban J connectivity index is 2.60. The van der Waals surface area contributed by atoms with Gasteiger partial charge in [0.15, 0.2) is 0 Å². The minimum atomic E-state index is -0.246. The minimum absolute atomic E-state index is 0.246. The van der Waals surface area contributed by atoms with E-state index in [0.717, 1.165) is 12.0 Å². The summed E-state index contributed by atoms with van der Waals surface area (Å²) in [6.07, 6.45) is 2.90. The lowest BCUT2D eigenvalue weighted by atomic mass is 9.97. The van der Waals surface area contributed by atoms with E-state index in [1.165, 1.54) is 12.5 Å². The topological polar surface area (TPSA) is 26.3 Å². The van der Waals surface area contributed by atoms with Crippen molar-refractivity contribution in [1.82, 2.24) is 0 Å². The largest absolute Gasteiger partial charge is 0.461 e. The number of carbonyl (C=O) groups is 1. The van der Waals surface area contributed by atoms with Gasteiger partial charge in [0.05, 0.1) is 0 Å². The van der Waals surface area contributed by atoms with Gasteiger partial charge in [-0.15, -0.1) is 6.58 Å². The molecule has 1 rings (SSSR count). The van der Waals surface area contributed by atoms with Crippen LogP contribution in [0.5, 0.6) is 0 Å². The molecule has 0 aliphatic rings. The first-order chi connectivity index (χ1) is 7.63. The Kier molecular flexibility index (Phi) is 4.77. The molecule has 0 fully saturated rings. The summed E-state index contributed by atoms with van der Waals surface area (Å²) in [4.78, 5) is 10.6. The first-order valence-electron chi connectivity index (χ1n) is 5.46. The predicted octanol–water partition coefficient (Wildman–Crippen LogP) is 3.43. The Morgan fingerprint density at radius 3 is 2.56 bits per heavy atom. The third-order valence-corrected chi connectivity index (χ3v) is 2.51. The second-order valence-electron chi connectivity index (χ2n) is 3.95. The number of hydrogen-bond acceptors (Lipinski definition) is 2. The fraction of sp³-hybridized carbons (Fsp3) is 0.357. The van der Waals surface area contributed by atoms with Gasteiger partial charge in [-0.25, -0.2) is 0 Å². The summed E-state index contributed by atoms with van der Waals surface area (Å²) in [7, 11) is 0. The van der Waals surface area contributed by atoms with E-state index >= 15 is 0 Å². The lowest BCUT2D eigenvalue weighted by molar-refractivity contribution is -0.142. The van der Waals surface area contributed by atoms with Crippen LogP contribution in [0, 0.1) is 0 Å². The average Bonchev–Trinajstić information content (AvgIpc) is 2.27. The Morgan fingerprint density at radius 2 is 2.06 bits per heavy atom. The number of esters is 1. The van der Waals surface area contributed by atoms with Gasteiger partial charge in [-0.3, -0.25) is 4.79 Å². The maximum Gasteiger partial charge on any atom is 0.302 e. The van der Waals surface area contributed by atoms with E-state index in [-0.39, 0.29) is 5.97 Å². The lowest BCUT2D eigenvalue weighted by Gasteiger charge is -2.10. The Labute approximate surface area is 96.9 Å². The second kappa shape index (κ2) is 6.11. The normalized spacial score (nSPS) is 11.9. The zero-order valence-corrected chi connectivity index (χ0v) is 9.90. The Hall–Kier alpha value is -1.57. The number of carbonyl (C=O) groups excluding carboxylic acids is 1. The van der Waals surface area contributed by atoms with Crippen molar-refractivity contribution in [2.45, 2.75) is 32.8 Å². The van der Waals surface area contributed by atoms with Crippen molar-refractivity contribution >= 4 is 5.97 Å². The molecule has 0 N–H and O–H groups in total. The van der Waals surface area contributed by atoms with E-state index in [1.807, 2.05) is 18.2 Å². The van der Waals surface area contributed by atoms with Gasteiger partial charge in [0, 0.05) is 6.92 Å². The molecule has 86 valence electrons. The molecular formula is C14H18O2. The van der Waals surface area contributed by atoms with Crippen LogP contribution in [-0.4, -0.2) is 5.97 Å². The van der Waals surface area contributed by atoms with Gasteiger partial charge >= 0.3 is 5.97 Å². The van der Waals surface area contributed by atoms with Crippen LogP contribution in [-0.2, 0) is 16.1 Å². The maximum atomic E-state index is 10.6. The third-order valence-electron chi connectivity index (χ3n) is 2.51. The second-order valence-corrected chi connectivity index (χ2v) is 3.95. The highest BCUT2D eigenvalue weighted by atomic mass is 16.5. The number of hydrogen-bond donors (Lipinski definition) is 0. The van der Waals surface area contributed by atoms with Gasteiger partial charge in [0.1, 0.15) is 6.61 Å². The molecule has 0 saturated carbocycles. The lowest BCUT2D eigenvalue weighted by Crippen LogP contribution is -1.99. The smallest absolute Gasteiger partial charge is 0.302 e. The van der Waals surface area contributed by atoms with Gasteiger partial charge in [-0.2, -0.15) is 0 Å². The molecule has 1 atom stereocenters. The molecule has 16 heavy (non-hydrogen) atoms. The van der Waals surface area contributed by atoms with Crippen molar-refractivity contribution in [2.24, 2.45) is 0 Å². The first kappa shape index (κ1) is 12.5. The van der Waals surface area contributed by atoms with Crippen molar-refractivity contribution in [3.05, 3.63) is 48.0 Å². The number of benzene rings is 1. The zero-order chi connectivity index (χ0) is 12.0. The molecule has 2 heteroatoms. The average molecular weight is 218 g/mol. The molecule has 0 heterocycles. The predicted molar refractivity (Wildman–Crippen MR) is 65.1 cm³/mol. The van der Waals surface area contributed by atoms with E-state index in [1.54, 1.807) is 0 Å². The quantitative estimate of drug-likeness (QED) is 0.559. The van der Waals surface area contributed by atoms with E-state index < -0.39 is 0 Å². The van der Waals surface area contributed by atoms with Gasteiger partial charge < -0.3 is 4.74 Å². The number of rotatable bonds is 5. The van der Waals surface area contributed by atoms with Crippen molar-refractivity contribution in [1.29, 1.82) is 0 Å². The summed E-state index contributed by atoms with van der Waals surface area (Å²) in [5, 5.41) is 0. The molecule has 0 amide bonds. The van der Waals surface area contributed by atoms with Gasteiger partial charge in [0.25, 0.3) is 0 Å². The number of allylic oxidation sites excluding steroid dienone is 1. The fourth-order valence-corrected chi connectivity index (χ4v) is 1.51. The molecular weight excluding hydrogens is 200 g/mol. The molecule has 0 saturated heterocycles. The van der Waals surface area contributed by atoms with E-state index in [0.29, 0.717) is 12.5 Å².